The lowest BCUT2D eigenvalue weighted by Gasteiger charge is -2.20. The molecule has 5 heteroatoms. The van der Waals surface area contributed by atoms with Crippen molar-refractivity contribution in [3.05, 3.63) is 23.9 Å². The lowest BCUT2D eigenvalue weighted by Crippen LogP contribution is -2.30. The smallest absolute Gasteiger partial charge is 0.230 e. The van der Waals surface area contributed by atoms with Crippen molar-refractivity contribution in [2.75, 3.05) is 25.1 Å². The molecule has 0 bridgehead atoms. The van der Waals surface area contributed by atoms with Gasteiger partial charge in [-0.2, -0.15) is 0 Å². The first-order valence-electron chi connectivity index (χ1n) is 6.75. The molecule has 1 saturated heterocycles. The van der Waals surface area contributed by atoms with E-state index < -0.39 is 0 Å². The topological polar surface area (TPSA) is 71.5 Å². The molecular formula is C15H18N2O3. The molecule has 0 aliphatic carbocycles. The van der Waals surface area contributed by atoms with Gasteiger partial charge in [-0.05, 0) is 30.9 Å². The second-order valence-corrected chi connectivity index (χ2v) is 4.59. The summed E-state index contributed by atoms with van der Waals surface area (Å²) in [5.41, 5.74) is 0.580. The number of pyridine rings is 1. The van der Waals surface area contributed by atoms with Gasteiger partial charge in [0.2, 0.25) is 5.91 Å². The molecule has 1 amide bonds. The fraction of sp³-hybridized carbons (Fsp3) is 0.467. The predicted molar refractivity (Wildman–Crippen MR) is 75.0 cm³/mol. The van der Waals surface area contributed by atoms with E-state index in [-0.39, 0.29) is 18.4 Å². The van der Waals surface area contributed by atoms with Gasteiger partial charge in [-0.25, -0.2) is 4.98 Å². The maximum Gasteiger partial charge on any atom is 0.230 e. The van der Waals surface area contributed by atoms with Gasteiger partial charge < -0.3 is 15.2 Å². The molecule has 2 heterocycles. The average Bonchev–Trinajstić information content (AvgIpc) is 2.49. The summed E-state index contributed by atoms with van der Waals surface area (Å²) in [6.45, 7) is 1.24. The van der Waals surface area contributed by atoms with Crippen LogP contribution in [-0.4, -0.2) is 35.8 Å². The largest absolute Gasteiger partial charge is 0.395 e. The summed E-state index contributed by atoms with van der Waals surface area (Å²) >= 11 is 0. The first-order valence-corrected chi connectivity index (χ1v) is 6.75. The molecule has 1 atom stereocenters. The van der Waals surface area contributed by atoms with Gasteiger partial charge in [0.25, 0.3) is 0 Å². The number of amides is 1. The highest BCUT2D eigenvalue weighted by atomic mass is 16.5. The molecule has 1 aromatic heterocycles. The van der Waals surface area contributed by atoms with Crippen LogP contribution in [0.4, 0.5) is 5.82 Å². The maximum atomic E-state index is 12.0. The van der Waals surface area contributed by atoms with Gasteiger partial charge in [-0.1, -0.05) is 12.0 Å². The fourth-order valence-corrected chi connectivity index (χ4v) is 1.96. The minimum Gasteiger partial charge on any atom is -0.395 e. The molecular weight excluding hydrogens is 256 g/mol. The lowest BCUT2D eigenvalue weighted by atomic mass is 10.0. The Hall–Kier alpha value is -1.90. The van der Waals surface area contributed by atoms with Crippen LogP contribution in [0.2, 0.25) is 0 Å². The molecule has 20 heavy (non-hydrogen) atoms. The van der Waals surface area contributed by atoms with Crippen molar-refractivity contribution in [2.45, 2.75) is 19.3 Å². The number of rotatable bonds is 3. The third kappa shape index (κ3) is 4.34. The first kappa shape index (κ1) is 14.5. The number of hydrogen-bond donors (Lipinski definition) is 2. The Kier molecular flexibility index (Phi) is 5.54. The Labute approximate surface area is 118 Å². The van der Waals surface area contributed by atoms with E-state index >= 15 is 0 Å². The molecule has 1 aromatic rings. The quantitative estimate of drug-likeness (QED) is 0.812. The van der Waals surface area contributed by atoms with Crippen LogP contribution in [0.5, 0.6) is 0 Å². The lowest BCUT2D eigenvalue weighted by molar-refractivity contribution is -0.123. The molecule has 106 valence electrons. The number of carbonyl (C=O) groups excluding carboxylic acids is 1. The number of aromatic nitrogens is 1. The zero-order valence-electron chi connectivity index (χ0n) is 11.3. The number of aliphatic hydroxyl groups is 1. The summed E-state index contributed by atoms with van der Waals surface area (Å²) < 4.78 is 5.30. The highest BCUT2D eigenvalue weighted by molar-refractivity contribution is 5.91. The minimum atomic E-state index is -0.102. The highest BCUT2D eigenvalue weighted by Gasteiger charge is 2.21. The van der Waals surface area contributed by atoms with Gasteiger partial charge in [-0.3, -0.25) is 4.79 Å². The number of hydrogen-bond acceptors (Lipinski definition) is 4. The third-order valence-corrected chi connectivity index (χ3v) is 2.98. The van der Waals surface area contributed by atoms with Gasteiger partial charge >= 0.3 is 0 Å². The summed E-state index contributed by atoms with van der Waals surface area (Å²) in [5, 5.41) is 11.5. The van der Waals surface area contributed by atoms with Crippen molar-refractivity contribution < 1.29 is 14.6 Å². The number of ether oxygens (including phenoxy) is 1. The van der Waals surface area contributed by atoms with E-state index in [1.165, 1.54) is 0 Å². The molecule has 0 spiro atoms. The summed E-state index contributed by atoms with van der Waals surface area (Å²) in [5.74, 6) is 5.98. The second-order valence-electron chi connectivity index (χ2n) is 4.59. The van der Waals surface area contributed by atoms with Crippen LogP contribution in [0.15, 0.2) is 18.2 Å². The highest BCUT2D eigenvalue weighted by Crippen LogP contribution is 2.15. The van der Waals surface area contributed by atoms with Gasteiger partial charge in [0.05, 0.1) is 19.1 Å². The summed E-state index contributed by atoms with van der Waals surface area (Å²) in [4.78, 5) is 16.3. The van der Waals surface area contributed by atoms with E-state index in [2.05, 4.69) is 22.1 Å². The SMILES string of the molecule is O=C(Nc1cccc(C#CCCO)n1)C1CCCOC1. The second kappa shape index (κ2) is 7.63. The van der Waals surface area contributed by atoms with Gasteiger partial charge in [0.15, 0.2) is 0 Å². The number of anilines is 1. The molecule has 2 N–H and O–H groups in total. The van der Waals surface area contributed by atoms with E-state index in [4.69, 9.17) is 9.84 Å². The Morgan fingerprint density at radius 1 is 1.55 bits per heavy atom. The molecule has 1 unspecified atom stereocenters. The number of nitrogens with zero attached hydrogens (tertiary/aromatic N) is 1. The van der Waals surface area contributed by atoms with Crippen LogP contribution in [-0.2, 0) is 9.53 Å². The number of nitrogens with one attached hydrogen (secondary N) is 1. The molecule has 2 rings (SSSR count). The van der Waals surface area contributed by atoms with E-state index in [1.807, 2.05) is 0 Å². The predicted octanol–water partition coefficient (Wildman–Crippen LogP) is 1.18. The van der Waals surface area contributed by atoms with Crippen molar-refractivity contribution >= 4 is 11.7 Å². The Morgan fingerprint density at radius 3 is 3.20 bits per heavy atom. The van der Waals surface area contributed by atoms with Crippen LogP contribution in [0, 0.1) is 17.8 Å². The third-order valence-electron chi connectivity index (χ3n) is 2.98. The zero-order chi connectivity index (χ0) is 14.2. The van der Waals surface area contributed by atoms with E-state index in [9.17, 15) is 4.79 Å². The normalized spacial score (nSPS) is 17.9. The standard InChI is InChI=1S/C15H18N2O3/c18-9-2-1-6-13-7-3-8-14(16-13)17-15(19)12-5-4-10-20-11-12/h3,7-8,12,18H,2,4-5,9-11H2,(H,16,17,19). The Morgan fingerprint density at radius 2 is 2.45 bits per heavy atom. The van der Waals surface area contributed by atoms with Gasteiger partial charge in [0, 0.05) is 13.0 Å². The molecule has 1 aliphatic rings. The van der Waals surface area contributed by atoms with Crippen molar-refractivity contribution in [3.8, 4) is 11.8 Å². The van der Waals surface area contributed by atoms with Crippen LogP contribution < -0.4 is 5.32 Å². The molecule has 1 aliphatic heterocycles. The average molecular weight is 274 g/mol. The number of aliphatic hydroxyl groups excluding tert-OH is 1. The van der Waals surface area contributed by atoms with Crippen molar-refractivity contribution in [1.29, 1.82) is 0 Å². The van der Waals surface area contributed by atoms with Crippen LogP contribution >= 0.6 is 0 Å². The fourth-order valence-electron chi connectivity index (χ4n) is 1.96. The molecule has 5 nitrogen and oxygen atoms in total. The summed E-state index contributed by atoms with van der Waals surface area (Å²) in [6.07, 6.45) is 2.18. The van der Waals surface area contributed by atoms with E-state index in [0.29, 0.717) is 24.5 Å². The van der Waals surface area contributed by atoms with E-state index in [1.54, 1.807) is 18.2 Å². The van der Waals surface area contributed by atoms with Crippen molar-refractivity contribution in [2.24, 2.45) is 5.92 Å². The first-order chi connectivity index (χ1) is 9.79. The molecule has 0 saturated carbocycles. The monoisotopic (exact) mass is 274 g/mol. The zero-order valence-corrected chi connectivity index (χ0v) is 11.3. The summed E-state index contributed by atoms with van der Waals surface area (Å²) in [7, 11) is 0. The minimum absolute atomic E-state index is 0.0328. The summed E-state index contributed by atoms with van der Waals surface area (Å²) in [6, 6.07) is 5.30. The molecule has 0 aromatic carbocycles. The maximum absolute atomic E-state index is 12.0. The Bertz CT molecular complexity index is 513. The van der Waals surface area contributed by atoms with Crippen molar-refractivity contribution in [3.63, 3.8) is 0 Å². The molecule has 1 fully saturated rings. The van der Waals surface area contributed by atoms with Gasteiger partial charge in [-0.15, -0.1) is 0 Å². The van der Waals surface area contributed by atoms with Crippen LogP contribution in [0.25, 0.3) is 0 Å². The van der Waals surface area contributed by atoms with Crippen molar-refractivity contribution in [1.82, 2.24) is 4.98 Å². The van der Waals surface area contributed by atoms with Crippen LogP contribution in [0.3, 0.4) is 0 Å². The van der Waals surface area contributed by atoms with E-state index in [0.717, 1.165) is 19.4 Å². The van der Waals surface area contributed by atoms with Gasteiger partial charge in [0.1, 0.15) is 11.5 Å². The Balaban J connectivity index is 1.97. The van der Waals surface area contributed by atoms with Crippen LogP contribution in [0.1, 0.15) is 25.0 Å². The molecule has 0 radical (unpaired) electrons. The number of carbonyl (C=O) groups is 1.